The van der Waals surface area contributed by atoms with Crippen molar-refractivity contribution in [2.24, 2.45) is 11.8 Å². The largest absolute Gasteiger partial charge is 0.398 e. The van der Waals surface area contributed by atoms with Crippen LogP contribution in [0.5, 0.6) is 0 Å². The first-order valence-corrected chi connectivity index (χ1v) is 9.19. The molecule has 118 valence electrons. The Morgan fingerprint density at radius 1 is 1.29 bits per heavy atom. The third-order valence-electron chi connectivity index (χ3n) is 4.27. The molecule has 0 radical (unpaired) electrons. The van der Waals surface area contributed by atoms with Crippen LogP contribution in [0, 0.1) is 11.8 Å². The number of hydrogen-bond acceptors (Lipinski definition) is 3. The van der Waals surface area contributed by atoms with Crippen molar-refractivity contribution < 1.29 is 8.42 Å². The quantitative estimate of drug-likeness (QED) is 0.864. The van der Waals surface area contributed by atoms with Gasteiger partial charge in [-0.15, -0.1) is 0 Å². The van der Waals surface area contributed by atoms with Crippen LogP contribution in [-0.2, 0) is 10.0 Å². The van der Waals surface area contributed by atoms with Crippen molar-refractivity contribution in [1.82, 2.24) is 4.31 Å². The molecule has 0 aromatic heterocycles. The minimum Gasteiger partial charge on any atom is -0.398 e. The van der Waals surface area contributed by atoms with Gasteiger partial charge in [0.25, 0.3) is 0 Å². The summed E-state index contributed by atoms with van der Waals surface area (Å²) in [4.78, 5) is 0.123. The number of nitrogen functional groups attached to an aromatic ring is 1. The van der Waals surface area contributed by atoms with E-state index in [0.717, 1.165) is 19.3 Å². The highest BCUT2D eigenvalue weighted by molar-refractivity contribution is 7.89. The Bertz CT molecular complexity index is 602. The van der Waals surface area contributed by atoms with Crippen LogP contribution in [0.15, 0.2) is 23.1 Å². The van der Waals surface area contributed by atoms with Crippen molar-refractivity contribution >= 4 is 27.3 Å². The molecule has 1 aliphatic rings. The van der Waals surface area contributed by atoms with Crippen molar-refractivity contribution in [3.8, 4) is 0 Å². The Morgan fingerprint density at radius 3 is 2.67 bits per heavy atom. The highest BCUT2D eigenvalue weighted by atomic mass is 35.5. The molecule has 1 aliphatic heterocycles. The Hall–Kier alpha value is -0.780. The standard InChI is InChI=1S/C15H23ClN2O2S/c1-11(2)12-4-3-8-18(9-7-12)21(19,20)15-10-13(16)5-6-14(15)17/h5-6,10-12H,3-4,7-9,17H2,1-2H3. The van der Waals surface area contributed by atoms with E-state index in [4.69, 9.17) is 17.3 Å². The zero-order chi connectivity index (χ0) is 15.6. The molecule has 4 nitrogen and oxygen atoms in total. The number of rotatable bonds is 3. The average Bonchev–Trinajstić information content (AvgIpc) is 2.67. The van der Waals surface area contributed by atoms with Gasteiger partial charge in [-0.3, -0.25) is 0 Å². The molecular formula is C15H23ClN2O2S. The van der Waals surface area contributed by atoms with E-state index < -0.39 is 10.0 Å². The summed E-state index contributed by atoms with van der Waals surface area (Å²) in [6.07, 6.45) is 2.87. The molecule has 0 spiro atoms. The van der Waals surface area contributed by atoms with E-state index >= 15 is 0 Å². The molecule has 2 N–H and O–H groups in total. The van der Waals surface area contributed by atoms with Gasteiger partial charge >= 0.3 is 0 Å². The lowest BCUT2D eigenvalue weighted by atomic mass is 9.89. The summed E-state index contributed by atoms with van der Waals surface area (Å²) < 4.78 is 27.1. The summed E-state index contributed by atoms with van der Waals surface area (Å²) in [6, 6.07) is 4.59. The number of nitrogens with zero attached hydrogens (tertiary/aromatic N) is 1. The van der Waals surface area contributed by atoms with Crippen LogP contribution in [0.2, 0.25) is 5.02 Å². The van der Waals surface area contributed by atoms with E-state index in [0.29, 0.717) is 29.9 Å². The lowest BCUT2D eigenvalue weighted by molar-refractivity contribution is 0.341. The van der Waals surface area contributed by atoms with Crippen LogP contribution in [0.1, 0.15) is 33.1 Å². The molecular weight excluding hydrogens is 308 g/mol. The fourth-order valence-electron chi connectivity index (χ4n) is 2.87. The molecule has 1 fully saturated rings. The summed E-state index contributed by atoms with van der Waals surface area (Å²) in [5.41, 5.74) is 6.09. The lowest BCUT2D eigenvalue weighted by Gasteiger charge is -2.22. The average molecular weight is 331 g/mol. The Balaban J connectivity index is 2.25. The molecule has 0 amide bonds. The summed E-state index contributed by atoms with van der Waals surface area (Å²) in [5.74, 6) is 1.17. The molecule has 1 saturated heterocycles. The third-order valence-corrected chi connectivity index (χ3v) is 6.46. The van der Waals surface area contributed by atoms with Crippen molar-refractivity contribution in [2.45, 2.75) is 38.0 Å². The number of nitrogens with two attached hydrogens (primary N) is 1. The van der Waals surface area contributed by atoms with Gasteiger partial charge in [0.05, 0.1) is 5.69 Å². The molecule has 2 rings (SSSR count). The molecule has 1 aromatic carbocycles. The van der Waals surface area contributed by atoms with Gasteiger partial charge in [-0.25, -0.2) is 8.42 Å². The topological polar surface area (TPSA) is 63.4 Å². The molecule has 1 heterocycles. The first-order valence-electron chi connectivity index (χ1n) is 7.37. The number of benzene rings is 1. The highest BCUT2D eigenvalue weighted by Gasteiger charge is 2.29. The number of anilines is 1. The van der Waals surface area contributed by atoms with Crippen LogP contribution < -0.4 is 5.73 Å². The fourth-order valence-corrected chi connectivity index (χ4v) is 4.75. The van der Waals surface area contributed by atoms with Crippen LogP contribution in [0.3, 0.4) is 0 Å². The summed E-state index contributed by atoms with van der Waals surface area (Å²) in [5, 5.41) is 0.387. The summed E-state index contributed by atoms with van der Waals surface area (Å²) >= 11 is 5.92. The lowest BCUT2D eigenvalue weighted by Crippen LogP contribution is -2.32. The van der Waals surface area contributed by atoms with E-state index in [-0.39, 0.29) is 10.6 Å². The zero-order valence-electron chi connectivity index (χ0n) is 12.5. The second-order valence-corrected chi connectivity index (χ2v) is 8.36. The van der Waals surface area contributed by atoms with Crippen molar-refractivity contribution in [2.75, 3.05) is 18.8 Å². The van der Waals surface area contributed by atoms with Crippen LogP contribution in [0.25, 0.3) is 0 Å². The van der Waals surface area contributed by atoms with E-state index in [9.17, 15) is 8.42 Å². The molecule has 21 heavy (non-hydrogen) atoms. The predicted octanol–water partition coefficient (Wildman–Crippen LogP) is 3.37. The smallest absolute Gasteiger partial charge is 0.245 e. The number of sulfonamides is 1. The van der Waals surface area contributed by atoms with Gasteiger partial charge in [0.1, 0.15) is 4.90 Å². The summed E-state index contributed by atoms with van der Waals surface area (Å²) in [6.45, 7) is 5.50. The van der Waals surface area contributed by atoms with E-state index in [1.54, 1.807) is 16.4 Å². The molecule has 0 bridgehead atoms. The zero-order valence-corrected chi connectivity index (χ0v) is 14.1. The molecule has 1 atom stereocenters. The van der Waals surface area contributed by atoms with Crippen molar-refractivity contribution in [3.05, 3.63) is 23.2 Å². The van der Waals surface area contributed by atoms with E-state index in [1.807, 2.05) is 0 Å². The van der Waals surface area contributed by atoms with Crippen LogP contribution in [0.4, 0.5) is 5.69 Å². The molecule has 0 saturated carbocycles. The van der Waals surface area contributed by atoms with Gasteiger partial charge in [0.2, 0.25) is 10.0 Å². The van der Waals surface area contributed by atoms with Gasteiger partial charge < -0.3 is 5.73 Å². The predicted molar refractivity (Wildman–Crippen MR) is 86.8 cm³/mol. The second-order valence-electron chi connectivity index (χ2n) is 6.02. The number of halogens is 1. The normalized spacial score (nSPS) is 21.4. The highest BCUT2D eigenvalue weighted by Crippen LogP contribution is 2.30. The van der Waals surface area contributed by atoms with Gasteiger partial charge in [0, 0.05) is 18.1 Å². The van der Waals surface area contributed by atoms with Crippen molar-refractivity contribution in [3.63, 3.8) is 0 Å². The number of hydrogen-bond donors (Lipinski definition) is 1. The van der Waals surface area contributed by atoms with Crippen LogP contribution >= 0.6 is 11.6 Å². The fraction of sp³-hybridized carbons (Fsp3) is 0.600. The summed E-state index contributed by atoms with van der Waals surface area (Å²) in [7, 11) is -3.56. The monoisotopic (exact) mass is 330 g/mol. The Kier molecular flexibility index (Phi) is 5.17. The third kappa shape index (κ3) is 3.71. The van der Waals surface area contributed by atoms with Gasteiger partial charge in [0.15, 0.2) is 0 Å². The van der Waals surface area contributed by atoms with E-state index in [1.165, 1.54) is 6.07 Å². The van der Waals surface area contributed by atoms with Gasteiger partial charge in [-0.05, 0) is 49.3 Å². The first kappa shape index (κ1) is 16.6. The van der Waals surface area contributed by atoms with Crippen LogP contribution in [-0.4, -0.2) is 25.8 Å². The molecule has 1 unspecified atom stereocenters. The molecule has 6 heteroatoms. The maximum atomic E-state index is 12.8. The Morgan fingerprint density at radius 2 is 2.00 bits per heavy atom. The van der Waals surface area contributed by atoms with E-state index in [2.05, 4.69) is 13.8 Å². The Labute approximate surface area is 132 Å². The second kappa shape index (κ2) is 6.55. The molecule has 1 aromatic rings. The van der Waals surface area contributed by atoms with Gasteiger partial charge in [-0.2, -0.15) is 4.31 Å². The van der Waals surface area contributed by atoms with Crippen molar-refractivity contribution in [1.29, 1.82) is 0 Å². The first-order chi connectivity index (χ1) is 9.82. The minimum atomic E-state index is -3.56. The maximum absolute atomic E-state index is 12.8. The van der Waals surface area contributed by atoms with Gasteiger partial charge in [-0.1, -0.05) is 25.4 Å². The SMILES string of the molecule is CC(C)C1CCCN(S(=O)(=O)c2cc(Cl)ccc2N)CC1. The minimum absolute atomic E-state index is 0.123. The molecule has 0 aliphatic carbocycles. The maximum Gasteiger partial charge on any atom is 0.245 e.